The molecule has 2 atom stereocenters. The lowest BCUT2D eigenvalue weighted by Gasteiger charge is -2.25. The van der Waals surface area contributed by atoms with Gasteiger partial charge in [-0.3, -0.25) is 4.99 Å². The van der Waals surface area contributed by atoms with Gasteiger partial charge in [0.15, 0.2) is 5.96 Å². The standard InChI is InChI=1S/C14H26N6O.HI/c1-4-15-14(16-8-10(2)9-21)18-12-6-5-7-20-13(12)17-11(3)19-20;/h10,12,21H,4-9H2,1-3H3,(H2,15,16,18);1H. The van der Waals surface area contributed by atoms with Gasteiger partial charge in [0.05, 0.1) is 6.04 Å². The van der Waals surface area contributed by atoms with Crippen molar-refractivity contribution in [2.24, 2.45) is 10.9 Å². The molecule has 1 aromatic heterocycles. The van der Waals surface area contributed by atoms with Crippen molar-refractivity contribution in [1.82, 2.24) is 25.4 Å². The molecule has 0 aromatic carbocycles. The predicted molar refractivity (Wildman–Crippen MR) is 97.5 cm³/mol. The first-order valence-corrected chi connectivity index (χ1v) is 7.71. The number of aliphatic hydroxyl groups is 1. The number of aliphatic hydroxyl groups excluding tert-OH is 1. The number of hydrogen-bond acceptors (Lipinski definition) is 4. The van der Waals surface area contributed by atoms with Crippen LogP contribution in [-0.2, 0) is 6.54 Å². The van der Waals surface area contributed by atoms with E-state index >= 15 is 0 Å². The van der Waals surface area contributed by atoms with Gasteiger partial charge in [-0.1, -0.05) is 6.92 Å². The number of hydrogen-bond donors (Lipinski definition) is 3. The van der Waals surface area contributed by atoms with Gasteiger partial charge in [-0.25, -0.2) is 9.67 Å². The van der Waals surface area contributed by atoms with Gasteiger partial charge in [-0.15, -0.1) is 24.0 Å². The minimum Gasteiger partial charge on any atom is -0.396 e. The molecule has 22 heavy (non-hydrogen) atoms. The zero-order valence-electron chi connectivity index (χ0n) is 13.5. The molecule has 1 aliphatic heterocycles. The monoisotopic (exact) mass is 422 g/mol. The highest BCUT2D eigenvalue weighted by Gasteiger charge is 2.24. The molecule has 0 spiro atoms. The quantitative estimate of drug-likeness (QED) is 0.378. The van der Waals surface area contributed by atoms with Crippen molar-refractivity contribution in [2.75, 3.05) is 19.7 Å². The summed E-state index contributed by atoms with van der Waals surface area (Å²) >= 11 is 0. The number of rotatable bonds is 5. The van der Waals surface area contributed by atoms with Crippen molar-refractivity contribution in [1.29, 1.82) is 0 Å². The number of halogens is 1. The maximum atomic E-state index is 9.10. The number of fused-ring (bicyclic) bond motifs is 1. The lowest BCUT2D eigenvalue weighted by Crippen LogP contribution is -2.41. The van der Waals surface area contributed by atoms with E-state index in [1.807, 2.05) is 25.5 Å². The number of guanidine groups is 1. The highest BCUT2D eigenvalue weighted by molar-refractivity contribution is 14.0. The van der Waals surface area contributed by atoms with Gasteiger partial charge in [-0.2, -0.15) is 5.10 Å². The SMILES string of the molecule is CCNC(=NCC(C)CO)NC1CCCn2nc(C)nc21.I. The van der Waals surface area contributed by atoms with Crippen LogP contribution < -0.4 is 10.6 Å². The van der Waals surface area contributed by atoms with Gasteiger partial charge >= 0.3 is 0 Å². The van der Waals surface area contributed by atoms with Gasteiger partial charge in [0, 0.05) is 26.2 Å². The Morgan fingerprint density at radius 2 is 2.32 bits per heavy atom. The van der Waals surface area contributed by atoms with Crippen LogP contribution in [0.5, 0.6) is 0 Å². The molecule has 0 radical (unpaired) electrons. The van der Waals surface area contributed by atoms with Gasteiger partial charge < -0.3 is 15.7 Å². The van der Waals surface area contributed by atoms with Crippen LogP contribution in [0.15, 0.2) is 4.99 Å². The Kier molecular flexibility index (Phi) is 8.08. The number of aryl methyl sites for hydroxylation is 2. The van der Waals surface area contributed by atoms with Crippen LogP contribution in [0.25, 0.3) is 0 Å². The van der Waals surface area contributed by atoms with E-state index in [0.717, 1.165) is 43.5 Å². The Hall–Kier alpha value is -0.900. The highest BCUT2D eigenvalue weighted by atomic mass is 127. The normalized spacial score (nSPS) is 19.1. The van der Waals surface area contributed by atoms with E-state index in [2.05, 4.69) is 25.7 Å². The van der Waals surface area contributed by atoms with E-state index in [-0.39, 0.29) is 42.5 Å². The van der Waals surface area contributed by atoms with E-state index in [1.165, 1.54) is 0 Å². The van der Waals surface area contributed by atoms with Crippen molar-refractivity contribution >= 4 is 29.9 Å². The lowest BCUT2D eigenvalue weighted by molar-refractivity contribution is 0.241. The van der Waals surface area contributed by atoms with Crippen LogP contribution in [0, 0.1) is 12.8 Å². The number of nitrogens with zero attached hydrogens (tertiary/aromatic N) is 4. The average Bonchev–Trinajstić information content (AvgIpc) is 2.86. The Morgan fingerprint density at radius 1 is 1.55 bits per heavy atom. The summed E-state index contributed by atoms with van der Waals surface area (Å²) in [4.78, 5) is 9.06. The predicted octanol–water partition coefficient (Wildman–Crippen LogP) is 1.22. The minimum absolute atomic E-state index is 0. The summed E-state index contributed by atoms with van der Waals surface area (Å²) < 4.78 is 1.98. The third kappa shape index (κ3) is 5.08. The molecule has 1 aliphatic rings. The van der Waals surface area contributed by atoms with Gasteiger partial charge in [0.2, 0.25) is 0 Å². The van der Waals surface area contributed by atoms with Crippen molar-refractivity contribution in [2.45, 2.75) is 46.2 Å². The molecule has 1 aromatic rings. The van der Waals surface area contributed by atoms with Gasteiger partial charge in [0.25, 0.3) is 0 Å². The number of nitrogens with one attached hydrogen (secondary N) is 2. The largest absolute Gasteiger partial charge is 0.396 e. The average molecular weight is 422 g/mol. The molecule has 0 aliphatic carbocycles. The van der Waals surface area contributed by atoms with E-state index in [9.17, 15) is 0 Å². The molecule has 7 nitrogen and oxygen atoms in total. The van der Waals surface area contributed by atoms with E-state index in [0.29, 0.717) is 6.54 Å². The Labute approximate surface area is 149 Å². The maximum absolute atomic E-state index is 9.10. The molecule has 8 heteroatoms. The maximum Gasteiger partial charge on any atom is 0.191 e. The molecule has 0 saturated heterocycles. The first-order valence-electron chi connectivity index (χ1n) is 7.71. The second-order valence-electron chi connectivity index (χ2n) is 5.59. The fourth-order valence-corrected chi connectivity index (χ4v) is 2.40. The van der Waals surface area contributed by atoms with Crippen molar-refractivity contribution in [3.63, 3.8) is 0 Å². The van der Waals surface area contributed by atoms with Crippen molar-refractivity contribution < 1.29 is 5.11 Å². The van der Waals surface area contributed by atoms with Crippen LogP contribution in [0.1, 0.15) is 44.4 Å². The summed E-state index contributed by atoms with van der Waals surface area (Å²) in [6, 6.07) is 0.141. The van der Waals surface area contributed by atoms with Gasteiger partial charge in [-0.05, 0) is 32.6 Å². The van der Waals surface area contributed by atoms with Crippen LogP contribution in [0.3, 0.4) is 0 Å². The zero-order chi connectivity index (χ0) is 15.2. The lowest BCUT2D eigenvalue weighted by atomic mass is 10.1. The third-order valence-corrected chi connectivity index (χ3v) is 3.51. The molecular formula is C14H27IN6O. The first-order chi connectivity index (χ1) is 10.1. The zero-order valence-corrected chi connectivity index (χ0v) is 15.9. The molecule has 0 bridgehead atoms. The summed E-state index contributed by atoms with van der Waals surface area (Å²) in [5, 5.41) is 20.2. The molecule has 0 saturated carbocycles. The molecule has 2 heterocycles. The molecule has 3 N–H and O–H groups in total. The van der Waals surface area contributed by atoms with Crippen molar-refractivity contribution in [3.05, 3.63) is 11.6 Å². The topological polar surface area (TPSA) is 87.4 Å². The fraction of sp³-hybridized carbons (Fsp3) is 0.786. The van der Waals surface area contributed by atoms with E-state index in [4.69, 9.17) is 5.11 Å². The summed E-state index contributed by atoms with van der Waals surface area (Å²) in [5.74, 6) is 2.74. The third-order valence-electron chi connectivity index (χ3n) is 3.51. The Bertz CT molecular complexity index is 490. The summed E-state index contributed by atoms with van der Waals surface area (Å²) in [7, 11) is 0. The second-order valence-corrected chi connectivity index (χ2v) is 5.59. The van der Waals surface area contributed by atoms with Crippen LogP contribution >= 0.6 is 24.0 Å². The van der Waals surface area contributed by atoms with Crippen LogP contribution in [0.2, 0.25) is 0 Å². The van der Waals surface area contributed by atoms with Gasteiger partial charge in [0.1, 0.15) is 11.6 Å². The molecule has 2 rings (SSSR count). The molecule has 0 fully saturated rings. The van der Waals surface area contributed by atoms with E-state index < -0.39 is 0 Å². The van der Waals surface area contributed by atoms with E-state index in [1.54, 1.807) is 0 Å². The molecule has 126 valence electrons. The first kappa shape index (κ1) is 19.1. The minimum atomic E-state index is 0. The Morgan fingerprint density at radius 3 is 3.00 bits per heavy atom. The summed E-state index contributed by atoms with van der Waals surface area (Å²) in [5.41, 5.74) is 0. The Balaban J connectivity index is 0.00000242. The number of aliphatic imine (C=N–C) groups is 1. The summed E-state index contributed by atoms with van der Waals surface area (Å²) in [6.45, 7) is 8.43. The van der Waals surface area contributed by atoms with Crippen molar-refractivity contribution in [3.8, 4) is 0 Å². The molecular weight excluding hydrogens is 395 g/mol. The number of aromatic nitrogens is 3. The highest BCUT2D eigenvalue weighted by Crippen LogP contribution is 2.22. The molecule has 2 unspecified atom stereocenters. The second kappa shape index (κ2) is 9.29. The van der Waals surface area contributed by atoms with Crippen LogP contribution in [0.4, 0.5) is 0 Å². The summed E-state index contributed by atoms with van der Waals surface area (Å²) in [6.07, 6.45) is 2.11. The smallest absolute Gasteiger partial charge is 0.191 e. The fourth-order valence-electron chi connectivity index (χ4n) is 2.40. The molecule has 0 amide bonds. The van der Waals surface area contributed by atoms with Crippen LogP contribution in [-0.4, -0.2) is 45.5 Å².